The second-order valence-corrected chi connectivity index (χ2v) is 5.06. The zero-order valence-electron chi connectivity index (χ0n) is 11.8. The topological polar surface area (TPSA) is 55.4 Å². The molecule has 2 atom stereocenters. The molecule has 0 bridgehead atoms. The molecule has 0 aromatic heterocycles. The molecule has 1 N–H and O–H groups in total. The van der Waals surface area contributed by atoms with E-state index in [0.717, 1.165) is 12.8 Å². The fourth-order valence-corrected chi connectivity index (χ4v) is 2.14. The van der Waals surface area contributed by atoms with Gasteiger partial charge in [-0.1, -0.05) is 18.2 Å². The van der Waals surface area contributed by atoms with Gasteiger partial charge in [0.05, 0.1) is 5.92 Å². The lowest BCUT2D eigenvalue weighted by Gasteiger charge is -2.19. The number of hydrogen-bond acceptors (Lipinski definition) is 3. The van der Waals surface area contributed by atoms with Crippen LogP contribution in [-0.2, 0) is 14.3 Å². The fourth-order valence-electron chi connectivity index (χ4n) is 2.14. The van der Waals surface area contributed by atoms with Gasteiger partial charge in [0.1, 0.15) is 5.82 Å². The zero-order valence-corrected chi connectivity index (χ0v) is 11.8. The summed E-state index contributed by atoms with van der Waals surface area (Å²) in [5.41, 5.74) is 0.337. The van der Waals surface area contributed by atoms with Crippen molar-refractivity contribution >= 4 is 17.6 Å². The van der Waals surface area contributed by atoms with Gasteiger partial charge in [-0.2, -0.15) is 0 Å². The number of benzene rings is 1. The molecule has 0 spiro atoms. The van der Waals surface area contributed by atoms with Crippen LogP contribution >= 0.6 is 0 Å². The van der Waals surface area contributed by atoms with E-state index < -0.39 is 17.8 Å². The lowest BCUT2D eigenvalue weighted by atomic mass is 9.95. The summed E-state index contributed by atoms with van der Waals surface area (Å²) in [5.74, 6) is -1.45. The minimum atomic E-state index is -0.910. The van der Waals surface area contributed by atoms with Gasteiger partial charge in [-0.3, -0.25) is 9.59 Å². The minimum Gasteiger partial charge on any atom is -0.452 e. The predicted octanol–water partition coefficient (Wildman–Crippen LogP) is 3.05. The van der Waals surface area contributed by atoms with Crippen molar-refractivity contribution in [1.82, 2.24) is 0 Å². The summed E-state index contributed by atoms with van der Waals surface area (Å²) in [6.45, 7) is 1.51. The molecule has 0 unspecified atom stereocenters. The molecule has 1 aromatic rings. The standard InChI is InChI=1S/C16H18FNO3/c1-11(21-16(20)12-6-3-2-4-7-12)15(19)18-14-9-5-8-13(17)10-14/h2-3,5,8-12H,4,6-7H2,1H3,(H,18,19)/t11-,12-/m0/s1. The fraction of sp³-hybridized carbons (Fsp3) is 0.375. The number of nitrogens with one attached hydrogen (secondary N) is 1. The smallest absolute Gasteiger partial charge is 0.310 e. The third-order valence-corrected chi connectivity index (χ3v) is 3.36. The van der Waals surface area contributed by atoms with Crippen LogP contribution in [0.5, 0.6) is 0 Å². The van der Waals surface area contributed by atoms with E-state index in [4.69, 9.17) is 4.74 Å². The predicted molar refractivity (Wildman–Crippen MR) is 77.1 cm³/mol. The number of halogens is 1. The summed E-state index contributed by atoms with van der Waals surface area (Å²) >= 11 is 0. The maximum absolute atomic E-state index is 13.0. The number of carbonyl (C=O) groups excluding carboxylic acids is 2. The summed E-state index contributed by atoms with van der Waals surface area (Å²) < 4.78 is 18.2. The first-order chi connectivity index (χ1) is 10.1. The van der Waals surface area contributed by atoms with Crippen molar-refractivity contribution in [3.05, 3.63) is 42.2 Å². The number of allylic oxidation sites excluding steroid dienone is 2. The number of amides is 1. The van der Waals surface area contributed by atoms with Crippen molar-refractivity contribution in [2.75, 3.05) is 5.32 Å². The molecule has 0 radical (unpaired) electrons. The van der Waals surface area contributed by atoms with E-state index in [1.165, 1.54) is 25.1 Å². The van der Waals surface area contributed by atoms with E-state index in [-0.39, 0.29) is 11.9 Å². The van der Waals surface area contributed by atoms with Gasteiger partial charge in [-0.15, -0.1) is 0 Å². The Hall–Kier alpha value is -2.17. The van der Waals surface area contributed by atoms with Gasteiger partial charge in [0.15, 0.2) is 6.10 Å². The van der Waals surface area contributed by atoms with Gasteiger partial charge < -0.3 is 10.1 Å². The van der Waals surface area contributed by atoms with E-state index in [1.807, 2.05) is 12.2 Å². The minimum absolute atomic E-state index is 0.181. The van der Waals surface area contributed by atoms with Gasteiger partial charge >= 0.3 is 5.97 Å². The maximum atomic E-state index is 13.0. The van der Waals surface area contributed by atoms with E-state index in [1.54, 1.807) is 6.07 Å². The number of ether oxygens (including phenoxy) is 1. The zero-order chi connectivity index (χ0) is 15.2. The first kappa shape index (κ1) is 15.2. The van der Waals surface area contributed by atoms with Crippen LogP contribution < -0.4 is 5.32 Å². The molecule has 112 valence electrons. The van der Waals surface area contributed by atoms with Crippen LogP contribution in [0.4, 0.5) is 10.1 Å². The van der Waals surface area contributed by atoms with Gasteiger partial charge in [-0.25, -0.2) is 4.39 Å². The van der Waals surface area contributed by atoms with Crippen LogP contribution in [0.2, 0.25) is 0 Å². The molecule has 0 heterocycles. The van der Waals surface area contributed by atoms with Crippen molar-refractivity contribution in [2.24, 2.45) is 5.92 Å². The normalized spacial score (nSPS) is 18.9. The Morgan fingerprint density at radius 1 is 1.38 bits per heavy atom. The largest absolute Gasteiger partial charge is 0.452 e. The van der Waals surface area contributed by atoms with Gasteiger partial charge in [0.2, 0.25) is 0 Å². The first-order valence-corrected chi connectivity index (χ1v) is 6.98. The molecule has 1 aliphatic carbocycles. The SMILES string of the molecule is C[C@H](OC(=O)[C@H]1CC=CCC1)C(=O)Nc1cccc(F)c1. The van der Waals surface area contributed by atoms with Crippen LogP contribution in [0.3, 0.4) is 0 Å². The third-order valence-electron chi connectivity index (χ3n) is 3.36. The molecule has 0 saturated carbocycles. The van der Waals surface area contributed by atoms with Gasteiger partial charge in [-0.05, 0) is 44.4 Å². The number of anilines is 1. The Balaban J connectivity index is 1.87. The quantitative estimate of drug-likeness (QED) is 0.685. The van der Waals surface area contributed by atoms with E-state index in [2.05, 4.69) is 5.32 Å². The lowest BCUT2D eigenvalue weighted by molar-refractivity contribution is -0.157. The number of carbonyl (C=O) groups is 2. The molecule has 21 heavy (non-hydrogen) atoms. The average Bonchev–Trinajstić information content (AvgIpc) is 2.48. The van der Waals surface area contributed by atoms with Gasteiger partial charge in [0.25, 0.3) is 5.91 Å². The highest BCUT2D eigenvalue weighted by atomic mass is 19.1. The molecule has 0 fully saturated rings. The van der Waals surface area contributed by atoms with Crippen molar-refractivity contribution in [3.63, 3.8) is 0 Å². The summed E-state index contributed by atoms with van der Waals surface area (Å²) in [6, 6.07) is 5.56. The highest BCUT2D eigenvalue weighted by Crippen LogP contribution is 2.20. The van der Waals surface area contributed by atoms with Crippen molar-refractivity contribution in [3.8, 4) is 0 Å². The summed E-state index contributed by atoms with van der Waals surface area (Å²) in [6.07, 6.45) is 5.32. The lowest BCUT2D eigenvalue weighted by Crippen LogP contribution is -2.32. The van der Waals surface area contributed by atoms with Crippen LogP contribution in [0.25, 0.3) is 0 Å². The van der Waals surface area contributed by atoms with Crippen LogP contribution in [0.1, 0.15) is 26.2 Å². The Morgan fingerprint density at radius 3 is 2.86 bits per heavy atom. The average molecular weight is 291 g/mol. The van der Waals surface area contributed by atoms with Crippen molar-refractivity contribution in [2.45, 2.75) is 32.3 Å². The Bertz CT molecular complexity index is 556. The second-order valence-electron chi connectivity index (χ2n) is 5.06. The first-order valence-electron chi connectivity index (χ1n) is 6.98. The molecule has 2 rings (SSSR count). The third kappa shape index (κ3) is 4.41. The molecular formula is C16H18FNO3. The molecule has 1 aliphatic rings. The molecule has 1 amide bonds. The maximum Gasteiger partial charge on any atom is 0.310 e. The highest BCUT2D eigenvalue weighted by molar-refractivity contribution is 5.95. The Kier molecular flexibility index (Phi) is 5.09. The Morgan fingerprint density at radius 2 is 2.19 bits per heavy atom. The number of rotatable bonds is 4. The monoisotopic (exact) mass is 291 g/mol. The number of esters is 1. The van der Waals surface area contributed by atoms with Crippen LogP contribution in [0, 0.1) is 11.7 Å². The Labute approximate surface area is 123 Å². The molecule has 0 saturated heterocycles. The second kappa shape index (κ2) is 7.02. The molecule has 4 nitrogen and oxygen atoms in total. The molecule has 0 aliphatic heterocycles. The highest BCUT2D eigenvalue weighted by Gasteiger charge is 2.25. The van der Waals surface area contributed by atoms with Crippen molar-refractivity contribution < 1.29 is 18.7 Å². The summed E-state index contributed by atoms with van der Waals surface area (Å²) in [4.78, 5) is 23.8. The summed E-state index contributed by atoms with van der Waals surface area (Å²) in [7, 11) is 0. The van der Waals surface area contributed by atoms with Gasteiger partial charge in [0, 0.05) is 5.69 Å². The number of hydrogen-bond donors (Lipinski definition) is 1. The van der Waals surface area contributed by atoms with E-state index >= 15 is 0 Å². The van der Waals surface area contributed by atoms with Crippen LogP contribution in [-0.4, -0.2) is 18.0 Å². The van der Waals surface area contributed by atoms with E-state index in [0.29, 0.717) is 12.1 Å². The molecular weight excluding hydrogens is 273 g/mol. The summed E-state index contributed by atoms with van der Waals surface area (Å²) in [5, 5.41) is 2.52. The molecule has 5 heteroatoms. The van der Waals surface area contributed by atoms with Crippen molar-refractivity contribution in [1.29, 1.82) is 0 Å². The van der Waals surface area contributed by atoms with Crippen LogP contribution in [0.15, 0.2) is 36.4 Å². The van der Waals surface area contributed by atoms with E-state index in [9.17, 15) is 14.0 Å². The molecule has 1 aromatic carbocycles.